The van der Waals surface area contributed by atoms with Crippen molar-refractivity contribution in [1.29, 1.82) is 0 Å². The fourth-order valence-electron chi connectivity index (χ4n) is 3.93. The molecule has 0 unspecified atom stereocenters. The summed E-state index contributed by atoms with van der Waals surface area (Å²) in [6, 6.07) is 11.6. The monoisotopic (exact) mass is 428 g/mol. The van der Waals surface area contributed by atoms with Crippen molar-refractivity contribution in [3.8, 4) is 11.4 Å². The predicted molar refractivity (Wildman–Crippen MR) is 105 cm³/mol. The van der Waals surface area contributed by atoms with Gasteiger partial charge >= 0.3 is 5.97 Å². The van der Waals surface area contributed by atoms with Gasteiger partial charge in [0.05, 0.1) is 29.0 Å². The van der Waals surface area contributed by atoms with Crippen LogP contribution in [0.2, 0.25) is 0 Å². The van der Waals surface area contributed by atoms with E-state index in [2.05, 4.69) is 0 Å². The molecule has 0 fully saturated rings. The summed E-state index contributed by atoms with van der Waals surface area (Å²) < 4.78 is 6.72. The van der Waals surface area contributed by atoms with E-state index in [1.165, 1.54) is 0 Å². The van der Waals surface area contributed by atoms with Crippen LogP contribution < -0.4 is 5.56 Å². The van der Waals surface area contributed by atoms with Crippen LogP contribution in [0.25, 0.3) is 22.3 Å². The molecule has 1 aromatic carbocycles. The normalized spacial score (nSPS) is 19.7. The molecule has 138 valence electrons. The zero-order chi connectivity index (χ0) is 18.1. The number of nitrogens with zero attached hydrogens (tertiary/aromatic N) is 2. The van der Waals surface area contributed by atoms with Crippen molar-refractivity contribution in [1.82, 2.24) is 9.55 Å². The maximum absolute atomic E-state index is 13.0. The smallest absolute Gasteiger partial charge is 0.343 e. The lowest BCUT2D eigenvalue weighted by Gasteiger charge is -2.31. The molecule has 0 spiro atoms. The van der Waals surface area contributed by atoms with Crippen LogP contribution in [0, 0.1) is 0 Å². The molecule has 27 heavy (non-hydrogen) atoms. The number of para-hydroxylation sites is 1. The molecule has 0 radical (unpaired) electrons. The molecule has 2 aromatic heterocycles. The quantitative estimate of drug-likeness (QED) is 0.471. The van der Waals surface area contributed by atoms with Gasteiger partial charge in [-0.1, -0.05) is 25.1 Å². The van der Waals surface area contributed by atoms with Crippen molar-refractivity contribution < 1.29 is 14.6 Å². The summed E-state index contributed by atoms with van der Waals surface area (Å²) >= 11 is 0. The Bertz CT molecular complexity index is 1170. The fourth-order valence-corrected chi connectivity index (χ4v) is 3.93. The maximum atomic E-state index is 13.0. The minimum absolute atomic E-state index is 0. The van der Waals surface area contributed by atoms with Gasteiger partial charge in [-0.05, 0) is 24.6 Å². The first-order valence-corrected chi connectivity index (χ1v) is 8.59. The number of ether oxygens (including phenoxy) is 1. The van der Waals surface area contributed by atoms with Crippen molar-refractivity contribution in [2.75, 3.05) is 0 Å². The molecular weight excluding hydrogens is 412 g/mol. The highest BCUT2D eigenvalue weighted by molar-refractivity contribution is 8.93. The third-order valence-corrected chi connectivity index (χ3v) is 5.42. The van der Waals surface area contributed by atoms with Gasteiger partial charge in [-0.15, -0.1) is 17.0 Å². The van der Waals surface area contributed by atoms with E-state index in [9.17, 15) is 14.7 Å². The number of pyridine rings is 2. The van der Waals surface area contributed by atoms with Gasteiger partial charge < -0.3 is 14.4 Å². The SMILES string of the molecule is Br.CC[C@@]1(O)C(=O)OCc2c1cc1n(c2=O)Cc2cc3ccccc3nc2-1. The number of hydrogen-bond acceptors (Lipinski definition) is 5. The summed E-state index contributed by atoms with van der Waals surface area (Å²) in [5, 5.41) is 11.8. The van der Waals surface area contributed by atoms with Gasteiger partial charge in [-0.3, -0.25) is 4.79 Å². The number of fused-ring (bicyclic) bond motifs is 5. The van der Waals surface area contributed by atoms with E-state index in [-0.39, 0.29) is 35.6 Å². The molecule has 0 saturated heterocycles. The molecule has 6 nitrogen and oxygen atoms in total. The van der Waals surface area contributed by atoms with E-state index < -0.39 is 11.6 Å². The molecule has 1 N–H and O–H groups in total. The fraction of sp³-hybridized carbons (Fsp3) is 0.250. The summed E-state index contributed by atoms with van der Waals surface area (Å²) in [7, 11) is 0. The first-order chi connectivity index (χ1) is 12.5. The van der Waals surface area contributed by atoms with E-state index in [4.69, 9.17) is 9.72 Å². The molecule has 0 amide bonds. The number of carbonyl (C=O) groups is 1. The van der Waals surface area contributed by atoms with Crippen LogP contribution in [0.1, 0.15) is 30.0 Å². The molecule has 4 heterocycles. The summed E-state index contributed by atoms with van der Waals surface area (Å²) in [5.74, 6) is -0.707. The predicted octanol–water partition coefficient (Wildman–Crippen LogP) is 2.66. The van der Waals surface area contributed by atoms with Gasteiger partial charge in [-0.25, -0.2) is 9.78 Å². The second-order valence-electron chi connectivity index (χ2n) is 6.79. The Balaban J connectivity index is 0.00000180. The highest BCUT2D eigenvalue weighted by Crippen LogP contribution is 2.38. The zero-order valence-electron chi connectivity index (χ0n) is 14.6. The molecule has 1 atom stereocenters. The van der Waals surface area contributed by atoms with E-state index in [0.29, 0.717) is 23.4 Å². The third kappa shape index (κ3) is 2.31. The van der Waals surface area contributed by atoms with Crippen molar-refractivity contribution in [3.63, 3.8) is 0 Å². The summed E-state index contributed by atoms with van der Waals surface area (Å²) in [4.78, 5) is 29.9. The number of carbonyl (C=O) groups excluding carboxylic acids is 1. The Kier molecular flexibility index (Phi) is 3.98. The Labute approximate surface area is 165 Å². The van der Waals surface area contributed by atoms with E-state index >= 15 is 0 Å². The minimum atomic E-state index is -1.79. The highest BCUT2D eigenvalue weighted by atomic mass is 79.9. The largest absolute Gasteiger partial charge is 0.458 e. The first-order valence-electron chi connectivity index (χ1n) is 8.59. The van der Waals surface area contributed by atoms with Gasteiger partial charge in [0, 0.05) is 16.5 Å². The lowest BCUT2D eigenvalue weighted by Crippen LogP contribution is -2.44. The lowest BCUT2D eigenvalue weighted by molar-refractivity contribution is -0.172. The van der Waals surface area contributed by atoms with Crippen LogP contribution in [0.3, 0.4) is 0 Å². The maximum Gasteiger partial charge on any atom is 0.343 e. The topological polar surface area (TPSA) is 81.4 Å². The van der Waals surface area contributed by atoms with Crippen molar-refractivity contribution in [2.45, 2.75) is 32.1 Å². The molecule has 0 saturated carbocycles. The molecule has 3 aromatic rings. The van der Waals surface area contributed by atoms with Crippen molar-refractivity contribution >= 4 is 33.9 Å². The molecule has 2 aliphatic heterocycles. The second kappa shape index (κ2) is 6.00. The van der Waals surface area contributed by atoms with Crippen molar-refractivity contribution in [2.24, 2.45) is 0 Å². The third-order valence-electron chi connectivity index (χ3n) is 5.42. The van der Waals surface area contributed by atoms with E-state index in [0.717, 1.165) is 22.2 Å². The Morgan fingerprint density at radius 3 is 2.81 bits per heavy atom. The van der Waals surface area contributed by atoms with Crippen LogP contribution in [-0.2, 0) is 28.3 Å². The molecular formula is C20H17BrN2O4. The Morgan fingerprint density at radius 2 is 2.04 bits per heavy atom. The average molecular weight is 429 g/mol. The minimum Gasteiger partial charge on any atom is -0.458 e. The van der Waals surface area contributed by atoms with Crippen LogP contribution in [0.15, 0.2) is 41.2 Å². The van der Waals surface area contributed by atoms with E-state index in [1.807, 2.05) is 30.3 Å². The molecule has 5 rings (SSSR count). The molecule has 2 aliphatic rings. The number of benzene rings is 1. The van der Waals surface area contributed by atoms with Gasteiger partial charge in [-0.2, -0.15) is 0 Å². The summed E-state index contributed by atoms with van der Waals surface area (Å²) in [6.45, 7) is 2.01. The number of rotatable bonds is 1. The van der Waals surface area contributed by atoms with Crippen LogP contribution in [0.5, 0.6) is 0 Å². The van der Waals surface area contributed by atoms with Gasteiger partial charge in [0.25, 0.3) is 5.56 Å². The first kappa shape index (κ1) is 17.9. The van der Waals surface area contributed by atoms with Crippen LogP contribution in [-0.4, -0.2) is 20.6 Å². The van der Waals surface area contributed by atoms with Gasteiger partial charge in [0.2, 0.25) is 0 Å². The lowest BCUT2D eigenvalue weighted by atomic mass is 9.86. The van der Waals surface area contributed by atoms with Crippen LogP contribution in [0.4, 0.5) is 0 Å². The standard InChI is InChI=1S/C20H16N2O4.BrH/c1-2-20(25)14-8-16-17-12(7-11-5-3-4-6-15(11)21-17)9-22(16)18(23)13(14)10-26-19(20)24;/h3-8,25H,2,9-10H2,1H3;1H/t20-;/m0./s1. The van der Waals surface area contributed by atoms with Gasteiger partial charge in [0.1, 0.15) is 6.61 Å². The number of cyclic esters (lactones) is 1. The highest BCUT2D eigenvalue weighted by Gasteiger charge is 2.45. The molecule has 7 heteroatoms. The Hall–Kier alpha value is -2.51. The zero-order valence-corrected chi connectivity index (χ0v) is 16.3. The van der Waals surface area contributed by atoms with Crippen molar-refractivity contribution in [3.05, 3.63) is 63.4 Å². The number of esters is 1. The molecule has 0 aliphatic carbocycles. The number of aromatic nitrogens is 2. The number of halogens is 1. The number of hydrogen-bond donors (Lipinski definition) is 1. The van der Waals surface area contributed by atoms with Crippen LogP contribution >= 0.6 is 17.0 Å². The van der Waals surface area contributed by atoms with Gasteiger partial charge in [0.15, 0.2) is 5.60 Å². The Morgan fingerprint density at radius 1 is 1.26 bits per heavy atom. The average Bonchev–Trinajstić information content (AvgIpc) is 3.01. The van der Waals surface area contributed by atoms with E-state index in [1.54, 1.807) is 17.6 Å². The summed E-state index contributed by atoms with van der Waals surface area (Å²) in [6.07, 6.45) is 0.139. The summed E-state index contributed by atoms with van der Waals surface area (Å²) in [5.41, 5.74) is 1.81. The number of aliphatic hydroxyl groups is 1. The second-order valence-corrected chi connectivity index (χ2v) is 6.79. The molecule has 0 bridgehead atoms.